The number of fused-ring (bicyclic) bond motifs is 1. The molecule has 29 heavy (non-hydrogen) atoms. The number of anilines is 1. The van der Waals surface area contributed by atoms with Crippen LogP contribution in [0.25, 0.3) is 16.9 Å². The van der Waals surface area contributed by atoms with E-state index in [4.69, 9.17) is 0 Å². The molecule has 1 amide bonds. The molecule has 0 aliphatic rings. The lowest BCUT2D eigenvalue weighted by molar-refractivity contribution is 0.102. The van der Waals surface area contributed by atoms with Crippen LogP contribution in [0.3, 0.4) is 0 Å². The highest BCUT2D eigenvalue weighted by atomic mass is 32.1. The lowest BCUT2D eigenvalue weighted by Gasteiger charge is -2.18. The molecule has 4 aromatic rings. The summed E-state index contributed by atoms with van der Waals surface area (Å²) in [5.41, 5.74) is 3.13. The molecule has 146 valence electrons. The Bertz CT molecular complexity index is 1250. The van der Waals surface area contributed by atoms with Crippen LogP contribution < -0.4 is 10.9 Å². The molecule has 4 rings (SSSR count). The summed E-state index contributed by atoms with van der Waals surface area (Å²) in [7, 11) is 0. The van der Waals surface area contributed by atoms with Gasteiger partial charge in [-0.1, -0.05) is 51.1 Å². The Balaban J connectivity index is 1.56. The van der Waals surface area contributed by atoms with Crippen molar-refractivity contribution in [3.05, 3.63) is 81.7 Å². The summed E-state index contributed by atoms with van der Waals surface area (Å²) in [6, 6.07) is 13.5. The summed E-state index contributed by atoms with van der Waals surface area (Å²) < 4.78 is 1.35. The van der Waals surface area contributed by atoms with Gasteiger partial charge in [0.25, 0.3) is 11.5 Å². The van der Waals surface area contributed by atoms with Gasteiger partial charge in [-0.25, -0.2) is 9.97 Å². The molecule has 6 nitrogen and oxygen atoms in total. The summed E-state index contributed by atoms with van der Waals surface area (Å²) in [5.74, 6) is -0.523. The molecular weight excluding hydrogens is 384 g/mol. The standard InChI is InChI=1S/C22H20N4O2S/c1-22(2,3)15-9-7-14(8-10-15)17-13-29-21(24-17)25-19(27)16-12-23-18-6-4-5-11-26(18)20(16)28/h4-13H,1-3H3,(H,24,25,27). The minimum absolute atomic E-state index is 0.0278. The summed E-state index contributed by atoms with van der Waals surface area (Å²) in [5, 5.41) is 5.02. The van der Waals surface area contributed by atoms with Crippen molar-refractivity contribution in [1.29, 1.82) is 0 Å². The van der Waals surface area contributed by atoms with Gasteiger partial charge in [0, 0.05) is 23.3 Å². The summed E-state index contributed by atoms with van der Waals surface area (Å²) >= 11 is 1.31. The third-order valence-corrected chi connectivity index (χ3v) is 5.39. The van der Waals surface area contributed by atoms with Crippen molar-refractivity contribution >= 4 is 28.0 Å². The van der Waals surface area contributed by atoms with Crippen LogP contribution in [-0.2, 0) is 5.41 Å². The highest BCUT2D eigenvalue weighted by molar-refractivity contribution is 7.14. The topological polar surface area (TPSA) is 76.4 Å². The molecule has 0 fully saturated rings. The summed E-state index contributed by atoms with van der Waals surface area (Å²) in [6.07, 6.45) is 2.89. The van der Waals surface area contributed by atoms with Crippen molar-refractivity contribution in [1.82, 2.24) is 14.4 Å². The van der Waals surface area contributed by atoms with Crippen LogP contribution in [0, 0.1) is 0 Å². The van der Waals surface area contributed by atoms with E-state index in [1.54, 1.807) is 24.4 Å². The van der Waals surface area contributed by atoms with Gasteiger partial charge >= 0.3 is 0 Å². The van der Waals surface area contributed by atoms with E-state index in [1.807, 2.05) is 17.5 Å². The zero-order valence-corrected chi connectivity index (χ0v) is 17.2. The van der Waals surface area contributed by atoms with Crippen molar-refractivity contribution in [3.8, 4) is 11.3 Å². The van der Waals surface area contributed by atoms with Gasteiger partial charge in [0.05, 0.1) is 5.69 Å². The van der Waals surface area contributed by atoms with E-state index in [9.17, 15) is 9.59 Å². The Morgan fingerprint density at radius 1 is 1.10 bits per heavy atom. The SMILES string of the molecule is CC(C)(C)c1ccc(-c2csc(NC(=O)c3cnc4ccccn4c3=O)n2)cc1. The number of carbonyl (C=O) groups excluding carboxylic acids is 1. The van der Waals surface area contributed by atoms with Crippen LogP contribution in [0.4, 0.5) is 5.13 Å². The number of hydrogen-bond acceptors (Lipinski definition) is 5. The Morgan fingerprint density at radius 2 is 1.86 bits per heavy atom. The molecule has 0 radical (unpaired) electrons. The number of benzene rings is 1. The first-order chi connectivity index (χ1) is 13.8. The fourth-order valence-corrected chi connectivity index (χ4v) is 3.67. The fourth-order valence-electron chi connectivity index (χ4n) is 2.95. The Hall–Kier alpha value is -3.32. The average Bonchev–Trinajstić information content (AvgIpc) is 3.16. The molecule has 3 aromatic heterocycles. The van der Waals surface area contributed by atoms with Crippen molar-refractivity contribution in [2.24, 2.45) is 0 Å². The molecule has 3 heterocycles. The minimum atomic E-state index is -0.523. The van der Waals surface area contributed by atoms with Gasteiger partial charge in [0.2, 0.25) is 0 Å². The van der Waals surface area contributed by atoms with Crippen LogP contribution in [0.1, 0.15) is 36.7 Å². The van der Waals surface area contributed by atoms with Crippen LogP contribution in [-0.4, -0.2) is 20.3 Å². The smallest absolute Gasteiger partial charge is 0.270 e. The van der Waals surface area contributed by atoms with Gasteiger partial charge in [-0.2, -0.15) is 0 Å². The van der Waals surface area contributed by atoms with Gasteiger partial charge in [-0.15, -0.1) is 11.3 Å². The highest BCUT2D eigenvalue weighted by Crippen LogP contribution is 2.28. The Morgan fingerprint density at radius 3 is 2.59 bits per heavy atom. The van der Waals surface area contributed by atoms with Crippen LogP contribution >= 0.6 is 11.3 Å². The number of pyridine rings is 1. The number of rotatable bonds is 3. The van der Waals surface area contributed by atoms with Crippen molar-refractivity contribution in [2.45, 2.75) is 26.2 Å². The summed E-state index contributed by atoms with van der Waals surface area (Å²) in [6.45, 7) is 6.51. The van der Waals surface area contributed by atoms with E-state index in [0.717, 1.165) is 11.3 Å². The highest BCUT2D eigenvalue weighted by Gasteiger charge is 2.16. The second-order valence-corrected chi connectivity index (χ2v) is 8.58. The number of amides is 1. The number of carbonyl (C=O) groups is 1. The number of thiazole rings is 1. The second-order valence-electron chi connectivity index (χ2n) is 7.73. The molecule has 1 aromatic carbocycles. The van der Waals surface area contributed by atoms with Gasteiger partial charge in [-0.05, 0) is 23.1 Å². The van der Waals surface area contributed by atoms with E-state index in [2.05, 4.69) is 48.2 Å². The molecule has 7 heteroatoms. The number of hydrogen-bond donors (Lipinski definition) is 1. The Labute approximate surface area is 171 Å². The van der Waals surface area contributed by atoms with E-state index in [-0.39, 0.29) is 11.0 Å². The van der Waals surface area contributed by atoms with E-state index in [1.165, 1.54) is 27.5 Å². The van der Waals surface area contributed by atoms with Crippen molar-refractivity contribution in [2.75, 3.05) is 5.32 Å². The molecular formula is C22H20N4O2S. The first-order valence-electron chi connectivity index (χ1n) is 9.17. The third kappa shape index (κ3) is 3.82. The zero-order valence-electron chi connectivity index (χ0n) is 16.3. The normalized spacial score (nSPS) is 11.6. The van der Waals surface area contributed by atoms with Crippen molar-refractivity contribution < 1.29 is 4.79 Å². The lowest BCUT2D eigenvalue weighted by atomic mass is 9.86. The first kappa shape index (κ1) is 19.0. The third-order valence-electron chi connectivity index (χ3n) is 4.63. The minimum Gasteiger partial charge on any atom is -0.298 e. The molecule has 0 aliphatic heterocycles. The molecule has 0 atom stereocenters. The van der Waals surface area contributed by atoms with E-state index >= 15 is 0 Å². The number of aromatic nitrogens is 3. The Kier molecular flexibility index (Phi) is 4.76. The average molecular weight is 404 g/mol. The predicted molar refractivity (Wildman–Crippen MR) is 116 cm³/mol. The number of nitrogens with zero attached hydrogens (tertiary/aromatic N) is 3. The summed E-state index contributed by atoms with van der Waals surface area (Å²) in [4.78, 5) is 33.8. The van der Waals surface area contributed by atoms with E-state index < -0.39 is 11.5 Å². The maximum atomic E-state index is 12.6. The molecule has 0 unspecified atom stereocenters. The molecule has 0 aliphatic carbocycles. The fraction of sp³-hybridized carbons (Fsp3) is 0.182. The number of nitrogens with one attached hydrogen (secondary N) is 1. The van der Waals surface area contributed by atoms with Gasteiger partial charge in [0.1, 0.15) is 11.2 Å². The first-order valence-corrected chi connectivity index (χ1v) is 10.0. The van der Waals surface area contributed by atoms with Crippen LogP contribution in [0.15, 0.2) is 65.0 Å². The monoisotopic (exact) mass is 404 g/mol. The molecule has 0 saturated carbocycles. The predicted octanol–water partition coefficient (Wildman–Crippen LogP) is 4.37. The lowest BCUT2D eigenvalue weighted by Crippen LogP contribution is -2.26. The van der Waals surface area contributed by atoms with Gasteiger partial charge < -0.3 is 0 Å². The largest absolute Gasteiger partial charge is 0.298 e. The van der Waals surface area contributed by atoms with Crippen molar-refractivity contribution in [3.63, 3.8) is 0 Å². The second kappa shape index (κ2) is 7.25. The van der Waals surface area contributed by atoms with Gasteiger partial charge in [-0.3, -0.25) is 19.3 Å². The van der Waals surface area contributed by atoms with Gasteiger partial charge in [0.15, 0.2) is 5.13 Å². The quantitative estimate of drug-likeness (QED) is 0.550. The van der Waals surface area contributed by atoms with Crippen LogP contribution in [0.2, 0.25) is 0 Å². The van der Waals surface area contributed by atoms with E-state index in [0.29, 0.717) is 10.8 Å². The molecule has 0 saturated heterocycles. The molecule has 1 N–H and O–H groups in total. The zero-order chi connectivity index (χ0) is 20.6. The maximum Gasteiger partial charge on any atom is 0.270 e. The molecule has 0 bridgehead atoms. The van der Waals surface area contributed by atoms with Crippen LogP contribution in [0.5, 0.6) is 0 Å². The maximum absolute atomic E-state index is 12.6. The molecule has 0 spiro atoms.